The Morgan fingerprint density at radius 2 is 2.04 bits per heavy atom. The van der Waals surface area contributed by atoms with E-state index >= 15 is 0 Å². The van der Waals surface area contributed by atoms with Crippen LogP contribution in [-0.2, 0) is 10.0 Å². The molecule has 0 atom stereocenters. The zero-order chi connectivity index (χ0) is 17.2. The molecule has 0 fully saturated rings. The monoisotopic (exact) mass is 357 g/mol. The predicted molar refractivity (Wildman–Crippen MR) is 84.5 cm³/mol. The van der Waals surface area contributed by atoms with Gasteiger partial charge in [0.2, 0.25) is 0 Å². The lowest BCUT2D eigenvalue weighted by Crippen LogP contribution is -2.27. The molecule has 0 saturated heterocycles. The molecule has 10 heteroatoms. The van der Waals surface area contributed by atoms with Crippen LogP contribution in [0, 0.1) is 10.1 Å². The lowest BCUT2D eigenvalue weighted by Gasteiger charge is -2.20. The lowest BCUT2D eigenvalue weighted by atomic mass is 10.3. The molecule has 2 aromatic rings. The first-order chi connectivity index (χ1) is 10.8. The third-order valence-electron chi connectivity index (χ3n) is 3.08. The van der Waals surface area contributed by atoms with Gasteiger partial charge in [0.15, 0.2) is 10.0 Å². The summed E-state index contributed by atoms with van der Waals surface area (Å²) in [7, 11) is -1.63. The maximum Gasteiger partial charge on any atom is 0.293 e. The molecule has 122 valence electrons. The van der Waals surface area contributed by atoms with Crippen molar-refractivity contribution in [3.05, 3.63) is 51.8 Å². The molecular weight excluding hydrogens is 346 g/mol. The first-order valence-corrected chi connectivity index (χ1v) is 8.02. The third-order valence-corrected chi connectivity index (χ3v) is 5.19. The van der Waals surface area contributed by atoms with E-state index in [1.807, 2.05) is 0 Å². The van der Waals surface area contributed by atoms with Gasteiger partial charge in [-0.1, -0.05) is 11.6 Å². The summed E-state index contributed by atoms with van der Waals surface area (Å²) in [5.41, 5.74) is -0.476. The first kappa shape index (κ1) is 17.0. The fraction of sp³-hybridized carbons (Fsp3) is 0.154. The van der Waals surface area contributed by atoms with E-state index in [0.717, 1.165) is 16.4 Å². The first-order valence-electron chi connectivity index (χ1n) is 6.21. The molecule has 0 radical (unpaired) electrons. The standard InChI is InChI=1S/C13H12ClN3O5S/c1-16(10-4-3-7-15-13(10)14)23(20,21)12-6-5-9(22-2)8-11(12)17(18)19/h3-8H,1-2H3. The fourth-order valence-electron chi connectivity index (χ4n) is 1.87. The molecule has 1 heterocycles. The van der Waals surface area contributed by atoms with Crippen molar-refractivity contribution in [3.63, 3.8) is 0 Å². The summed E-state index contributed by atoms with van der Waals surface area (Å²) < 4.78 is 31.1. The third kappa shape index (κ3) is 3.20. The van der Waals surface area contributed by atoms with Crippen LogP contribution in [0.25, 0.3) is 0 Å². The van der Waals surface area contributed by atoms with Gasteiger partial charge < -0.3 is 4.74 Å². The van der Waals surface area contributed by atoms with E-state index in [4.69, 9.17) is 16.3 Å². The molecule has 1 aromatic heterocycles. The number of ether oxygens (including phenoxy) is 1. The van der Waals surface area contributed by atoms with Gasteiger partial charge in [-0.25, -0.2) is 13.4 Å². The van der Waals surface area contributed by atoms with Gasteiger partial charge in [-0.2, -0.15) is 0 Å². The molecule has 0 saturated carbocycles. The Bertz CT molecular complexity index is 856. The molecule has 0 N–H and O–H groups in total. The van der Waals surface area contributed by atoms with Crippen LogP contribution in [0.4, 0.5) is 11.4 Å². The van der Waals surface area contributed by atoms with Gasteiger partial charge in [-0.3, -0.25) is 14.4 Å². The molecule has 2 rings (SSSR count). The Hall–Kier alpha value is -2.39. The summed E-state index contributed by atoms with van der Waals surface area (Å²) in [6, 6.07) is 6.45. The van der Waals surface area contributed by atoms with Gasteiger partial charge in [0, 0.05) is 13.2 Å². The summed E-state index contributed by atoms with van der Waals surface area (Å²) in [6.07, 6.45) is 1.40. The highest BCUT2D eigenvalue weighted by molar-refractivity contribution is 7.93. The molecule has 0 aliphatic rings. The molecular formula is C13H12ClN3O5S. The highest BCUT2D eigenvalue weighted by Crippen LogP contribution is 2.33. The van der Waals surface area contributed by atoms with E-state index < -0.39 is 25.5 Å². The van der Waals surface area contributed by atoms with Crippen molar-refractivity contribution >= 4 is 33.0 Å². The second-order valence-electron chi connectivity index (χ2n) is 4.38. The van der Waals surface area contributed by atoms with E-state index in [-0.39, 0.29) is 16.6 Å². The smallest absolute Gasteiger partial charge is 0.293 e. The molecule has 0 amide bonds. The van der Waals surface area contributed by atoms with Gasteiger partial charge >= 0.3 is 0 Å². The van der Waals surface area contributed by atoms with Crippen molar-refractivity contribution in [1.82, 2.24) is 4.98 Å². The minimum absolute atomic E-state index is 0.0326. The number of halogens is 1. The Morgan fingerprint density at radius 3 is 2.61 bits per heavy atom. The van der Waals surface area contributed by atoms with Crippen molar-refractivity contribution in [2.75, 3.05) is 18.5 Å². The maximum absolute atomic E-state index is 12.7. The summed E-state index contributed by atoms with van der Waals surface area (Å²) >= 11 is 5.89. The van der Waals surface area contributed by atoms with E-state index in [1.165, 1.54) is 38.6 Å². The van der Waals surface area contributed by atoms with Crippen LogP contribution in [0.1, 0.15) is 0 Å². The van der Waals surface area contributed by atoms with Gasteiger partial charge in [-0.05, 0) is 24.3 Å². The molecule has 0 bridgehead atoms. The molecule has 8 nitrogen and oxygen atoms in total. The summed E-state index contributed by atoms with van der Waals surface area (Å²) in [6.45, 7) is 0. The lowest BCUT2D eigenvalue weighted by molar-refractivity contribution is -0.387. The molecule has 0 spiro atoms. The number of sulfonamides is 1. The number of anilines is 1. The van der Waals surface area contributed by atoms with Gasteiger partial charge in [0.05, 0.1) is 23.8 Å². The van der Waals surface area contributed by atoms with E-state index in [2.05, 4.69) is 4.98 Å². The minimum Gasteiger partial charge on any atom is -0.497 e. The van der Waals surface area contributed by atoms with Crippen molar-refractivity contribution < 1.29 is 18.1 Å². The quantitative estimate of drug-likeness (QED) is 0.462. The Morgan fingerprint density at radius 1 is 1.35 bits per heavy atom. The van der Waals surface area contributed by atoms with Crippen molar-refractivity contribution in [2.24, 2.45) is 0 Å². The number of pyridine rings is 1. The number of rotatable bonds is 5. The largest absolute Gasteiger partial charge is 0.497 e. The highest BCUT2D eigenvalue weighted by Gasteiger charge is 2.31. The predicted octanol–water partition coefficient (Wildman–Crippen LogP) is 2.48. The number of benzene rings is 1. The minimum atomic E-state index is -4.20. The van der Waals surface area contributed by atoms with Crippen LogP contribution < -0.4 is 9.04 Å². The average Bonchev–Trinajstić information content (AvgIpc) is 2.53. The second kappa shape index (κ2) is 6.39. The number of hydrogen-bond acceptors (Lipinski definition) is 6. The number of aromatic nitrogens is 1. The maximum atomic E-state index is 12.7. The van der Waals surface area contributed by atoms with E-state index in [0.29, 0.717) is 0 Å². The Balaban J connectivity index is 2.60. The molecule has 0 aliphatic heterocycles. The zero-order valence-electron chi connectivity index (χ0n) is 12.1. The topological polar surface area (TPSA) is 103 Å². The van der Waals surface area contributed by atoms with Crippen LogP contribution in [0.2, 0.25) is 5.15 Å². The van der Waals surface area contributed by atoms with E-state index in [9.17, 15) is 18.5 Å². The van der Waals surface area contributed by atoms with Gasteiger partial charge in [0.25, 0.3) is 15.7 Å². The van der Waals surface area contributed by atoms with Crippen molar-refractivity contribution in [2.45, 2.75) is 4.90 Å². The Kier molecular flexibility index (Phi) is 4.71. The highest BCUT2D eigenvalue weighted by atomic mass is 35.5. The van der Waals surface area contributed by atoms with Crippen LogP contribution in [0.15, 0.2) is 41.4 Å². The van der Waals surface area contributed by atoms with E-state index in [1.54, 1.807) is 0 Å². The fourth-order valence-corrected chi connectivity index (χ4v) is 3.51. The number of nitro groups is 1. The van der Waals surface area contributed by atoms with Gasteiger partial charge in [-0.15, -0.1) is 0 Å². The SMILES string of the molecule is COc1ccc(S(=O)(=O)N(C)c2cccnc2Cl)c([N+](=O)[O-])c1. The number of hydrogen-bond donors (Lipinski definition) is 0. The van der Waals surface area contributed by atoms with Crippen molar-refractivity contribution in [1.29, 1.82) is 0 Å². The summed E-state index contributed by atoms with van der Waals surface area (Å²) in [5.74, 6) is 0.178. The summed E-state index contributed by atoms with van der Waals surface area (Å²) in [4.78, 5) is 13.7. The molecule has 1 aromatic carbocycles. The molecule has 0 unspecified atom stereocenters. The van der Waals surface area contributed by atoms with Gasteiger partial charge in [0.1, 0.15) is 5.75 Å². The normalized spacial score (nSPS) is 11.1. The summed E-state index contributed by atoms with van der Waals surface area (Å²) in [5, 5.41) is 11.2. The number of nitro benzene ring substituents is 1. The van der Waals surface area contributed by atoms with Crippen LogP contribution >= 0.6 is 11.6 Å². The second-order valence-corrected chi connectivity index (χ2v) is 6.67. The molecule has 0 aliphatic carbocycles. The Labute approximate surface area is 137 Å². The van der Waals surface area contributed by atoms with Crippen LogP contribution in [0.5, 0.6) is 5.75 Å². The van der Waals surface area contributed by atoms with Crippen LogP contribution in [0.3, 0.4) is 0 Å². The van der Waals surface area contributed by atoms with Crippen LogP contribution in [-0.4, -0.2) is 32.5 Å². The average molecular weight is 358 g/mol. The molecule has 23 heavy (non-hydrogen) atoms. The zero-order valence-corrected chi connectivity index (χ0v) is 13.7. The van der Waals surface area contributed by atoms with Crippen molar-refractivity contribution in [3.8, 4) is 5.75 Å². The number of methoxy groups -OCH3 is 1. The number of nitrogens with zero attached hydrogens (tertiary/aromatic N) is 3.